The summed E-state index contributed by atoms with van der Waals surface area (Å²) in [6.45, 7) is 4.45. The lowest BCUT2D eigenvalue weighted by Gasteiger charge is -2.09. The number of thioether (sulfide) groups is 1. The summed E-state index contributed by atoms with van der Waals surface area (Å²) >= 11 is 1.88. The maximum Gasteiger partial charge on any atom is 0.0962 e. The van der Waals surface area contributed by atoms with E-state index in [2.05, 4.69) is 24.9 Å². The summed E-state index contributed by atoms with van der Waals surface area (Å²) < 4.78 is 0. The highest BCUT2D eigenvalue weighted by atomic mass is 32.2. The van der Waals surface area contributed by atoms with E-state index in [0.717, 1.165) is 10.3 Å². The van der Waals surface area contributed by atoms with E-state index in [-0.39, 0.29) is 0 Å². The van der Waals surface area contributed by atoms with E-state index in [4.69, 9.17) is 0 Å². The molecule has 0 aliphatic carbocycles. The molecule has 0 saturated heterocycles. The Balaban J connectivity index is 2.51. The maximum absolute atomic E-state index is 4.28. The van der Waals surface area contributed by atoms with Crippen LogP contribution in [0, 0.1) is 0 Å². The Kier molecular flexibility index (Phi) is 4.15. The Bertz CT molecular complexity index is 206. The molecule has 1 aromatic rings. The third kappa shape index (κ3) is 2.86. The molecule has 1 aromatic heterocycles. The van der Waals surface area contributed by atoms with Crippen LogP contribution in [0.1, 0.15) is 26.7 Å². The van der Waals surface area contributed by atoms with Crippen LogP contribution in [0.3, 0.4) is 0 Å². The minimum Gasteiger partial charge on any atom is -0.250 e. The molecule has 1 rings (SSSR count). The number of pyridine rings is 1. The van der Waals surface area contributed by atoms with E-state index in [1.807, 2.05) is 30.1 Å². The molecule has 0 spiro atoms. The van der Waals surface area contributed by atoms with Crippen LogP contribution in [-0.2, 0) is 0 Å². The third-order valence-corrected chi connectivity index (χ3v) is 3.32. The van der Waals surface area contributed by atoms with Crippen LogP contribution in [0.5, 0.6) is 0 Å². The van der Waals surface area contributed by atoms with Gasteiger partial charge in [0.05, 0.1) is 5.03 Å². The second-order valence-corrected chi connectivity index (χ2v) is 4.04. The average molecular weight is 181 g/mol. The summed E-state index contributed by atoms with van der Waals surface area (Å²) in [6.07, 6.45) is 4.29. The monoisotopic (exact) mass is 181 g/mol. The molecule has 0 unspecified atom stereocenters. The van der Waals surface area contributed by atoms with Crippen molar-refractivity contribution in [3.63, 3.8) is 0 Å². The first-order valence-corrected chi connectivity index (χ1v) is 5.32. The Morgan fingerprint density at radius 2 is 2.08 bits per heavy atom. The zero-order valence-corrected chi connectivity index (χ0v) is 8.47. The molecule has 1 nitrogen and oxygen atoms in total. The van der Waals surface area contributed by atoms with Crippen molar-refractivity contribution in [3.05, 3.63) is 24.4 Å². The second kappa shape index (κ2) is 5.20. The number of hydrogen-bond donors (Lipinski definition) is 0. The first-order chi connectivity index (χ1) is 5.86. The first-order valence-electron chi connectivity index (χ1n) is 4.44. The molecular weight excluding hydrogens is 166 g/mol. The summed E-state index contributed by atoms with van der Waals surface area (Å²) in [5.74, 6) is 0. The van der Waals surface area contributed by atoms with Crippen molar-refractivity contribution >= 4 is 11.8 Å². The minimum absolute atomic E-state index is 0.722. The molecular formula is C10H15NS. The van der Waals surface area contributed by atoms with Gasteiger partial charge in [-0.05, 0) is 25.0 Å². The number of aromatic nitrogens is 1. The van der Waals surface area contributed by atoms with E-state index in [9.17, 15) is 0 Å². The van der Waals surface area contributed by atoms with Gasteiger partial charge in [0.2, 0.25) is 0 Å². The van der Waals surface area contributed by atoms with E-state index >= 15 is 0 Å². The molecule has 1 heterocycles. The smallest absolute Gasteiger partial charge is 0.0962 e. The van der Waals surface area contributed by atoms with Crippen LogP contribution in [-0.4, -0.2) is 10.2 Å². The Morgan fingerprint density at radius 1 is 1.33 bits per heavy atom. The van der Waals surface area contributed by atoms with E-state index < -0.39 is 0 Å². The maximum atomic E-state index is 4.28. The van der Waals surface area contributed by atoms with Crippen LogP contribution >= 0.6 is 11.8 Å². The fraction of sp³-hybridized carbons (Fsp3) is 0.500. The Hall–Kier alpha value is -0.500. The normalized spacial score (nSPS) is 10.6. The van der Waals surface area contributed by atoms with Crippen LogP contribution in [0.4, 0.5) is 0 Å². The van der Waals surface area contributed by atoms with Gasteiger partial charge in [0, 0.05) is 11.4 Å². The molecule has 66 valence electrons. The average Bonchev–Trinajstić information content (AvgIpc) is 2.16. The van der Waals surface area contributed by atoms with Crippen LogP contribution in [0.15, 0.2) is 29.4 Å². The number of nitrogens with zero attached hydrogens (tertiary/aromatic N) is 1. The molecule has 0 saturated carbocycles. The van der Waals surface area contributed by atoms with Gasteiger partial charge in [-0.2, -0.15) is 0 Å². The van der Waals surface area contributed by atoms with Crippen molar-refractivity contribution in [1.82, 2.24) is 4.98 Å². The summed E-state index contributed by atoms with van der Waals surface area (Å²) in [7, 11) is 0. The quantitative estimate of drug-likeness (QED) is 0.661. The highest BCUT2D eigenvalue weighted by molar-refractivity contribution is 7.99. The highest BCUT2D eigenvalue weighted by Crippen LogP contribution is 2.24. The lowest BCUT2D eigenvalue weighted by atomic mass is 10.3. The van der Waals surface area contributed by atoms with Gasteiger partial charge in [-0.3, -0.25) is 0 Å². The summed E-state index contributed by atoms with van der Waals surface area (Å²) in [4.78, 5) is 4.28. The molecule has 12 heavy (non-hydrogen) atoms. The predicted octanol–water partition coefficient (Wildman–Crippen LogP) is 3.36. The largest absolute Gasteiger partial charge is 0.250 e. The second-order valence-electron chi connectivity index (χ2n) is 2.72. The van der Waals surface area contributed by atoms with Gasteiger partial charge in [-0.15, -0.1) is 11.8 Å². The van der Waals surface area contributed by atoms with Crippen molar-refractivity contribution < 1.29 is 0 Å². The van der Waals surface area contributed by atoms with Gasteiger partial charge in [0.15, 0.2) is 0 Å². The van der Waals surface area contributed by atoms with Gasteiger partial charge in [0.25, 0.3) is 0 Å². The molecule has 0 radical (unpaired) electrons. The lowest BCUT2D eigenvalue weighted by molar-refractivity contribution is 0.790. The molecule has 0 aliphatic heterocycles. The van der Waals surface area contributed by atoms with Crippen LogP contribution < -0.4 is 0 Å². The fourth-order valence-electron chi connectivity index (χ4n) is 1.04. The van der Waals surface area contributed by atoms with Crippen molar-refractivity contribution in [3.8, 4) is 0 Å². The molecule has 2 heteroatoms. The third-order valence-electron chi connectivity index (χ3n) is 1.84. The minimum atomic E-state index is 0.722. The lowest BCUT2D eigenvalue weighted by Crippen LogP contribution is -1.97. The summed E-state index contributed by atoms with van der Waals surface area (Å²) in [5, 5.41) is 1.87. The Morgan fingerprint density at radius 3 is 2.58 bits per heavy atom. The standard InChI is InChI=1S/C10H15NS/c1-3-9(4-2)12-10-7-5-6-8-11-10/h5-9H,3-4H2,1-2H3. The van der Waals surface area contributed by atoms with Gasteiger partial charge in [-0.25, -0.2) is 4.98 Å². The molecule has 0 aliphatic rings. The first kappa shape index (κ1) is 9.59. The van der Waals surface area contributed by atoms with Crippen molar-refractivity contribution in [2.24, 2.45) is 0 Å². The SMILES string of the molecule is CCC(CC)Sc1ccccn1. The van der Waals surface area contributed by atoms with Crippen molar-refractivity contribution in [2.75, 3.05) is 0 Å². The molecule has 0 bridgehead atoms. The van der Waals surface area contributed by atoms with Gasteiger partial charge in [-0.1, -0.05) is 19.9 Å². The van der Waals surface area contributed by atoms with E-state index in [1.54, 1.807) is 0 Å². The van der Waals surface area contributed by atoms with Crippen molar-refractivity contribution in [1.29, 1.82) is 0 Å². The molecule has 0 fully saturated rings. The summed E-state index contributed by atoms with van der Waals surface area (Å²) in [5.41, 5.74) is 0. The van der Waals surface area contributed by atoms with Gasteiger partial charge in [0.1, 0.15) is 0 Å². The predicted molar refractivity (Wildman–Crippen MR) is 54.5 cm³/mol. The van der Waals surface area contributed by atoms with Gasteiger partial charge >= 0.3 is 0 Å². The van der Waals surface area contributed by atoms with E-state index in [1.165, 1.54) is 12.8 Å². The van der Waals surface area contributed by atoms with Crippen LogP contribution in [0.2, 0.25) is 0 Å². The number of rotatable bonds is 4. The molecule has 0 amide bonds. The fourth-order valence-corrected chi connectivity index (χ4v) is 2.00. The van der Waals surface area contributed by atoms with E-state index in [0.29, 0.717) is 0 Å². The number of hydrogen-bond acceptors (Lipinski definition) is 2. The zero-order valence-electron chi connectivity index (χ0n) is 7.66. The Labute approximate surface area is 78.6 Å². The topological polar surface area (TPSA) is 12.9 Å². The summed E-state index contributed by atoms with van der Waals surface area (Å²) in [6, 6.07) is 6.07. The highest BCUT2D eigenvalue weighted by Gasteiger charge is 2.04. The molecule has 0 atom stereocenters. The van der Waals surface area contributed by atoms with Crippen molar-refractivity contribution in [2.45, 2.75) is 37.0 Å². The molecule has 0 N–H and O–H groups in total. The van der Waals surface area contributed by atoms with Gasteiger partial charge < -0.3 is 0 Å². The zero-order chi connectivity index (χ0) is 8.81. The molecule has 0 aromatic carbocycles. The van der Waals surface area contributed by atoms with Crippen LogP contribution in [0.25, 0.3) is 0 Å².